The van der Waals surface area contributed by atoms with Crippen LogP contribution in [-0.4, -0.2) is 52.6 Å². The molecule has 3 amide bonds. The van der Waals surface area contributed by atoms with E-state index < -0.39 is 23.8 Å². The lowest BCUT2D eigenvalue weighted by molar-refractivity contribution is -0.143. The molecule has 1 aromatic rings. The number of ether oxygens (including phenoxy) is 1. The first-order chi connectivity index (χ1) is 16.3. The zero-order chi connectivity index (χ0) is 26.8. The Morgan fingerprint density at radius 2 is 1.71 bits per heavy atom. The van der Waals surface area contributed by atoms with Crippen molar-refractivity contribution in [3.05, 3.63) is 29.3 Å². The predicted molar refractivity (Wildman–Crippen MR) is 138 cm³/mol. The Bertz CT molecular complexity index is 848. The number of aromatic hydroxyl groups is 1. The van der Waals surface area contributed by atoms with Gasteiger partial charge in [-0.05, 0) is 69.7 Å². The lowest BCUT2D eigenvalue weighted by Gasteiger charge is -2.35. The number of rotatable bonds is 12. The standard InChI is InChI=1S/C27H45N3O5/c1-9-11-15-28-24(32)23(20-13-14-21(31)19(5)17-20)30(16-12-10-2)25(33)22(18(3)4)29-26(34)35-27(6,7)8/h13-14,17-18,22-23,31H,9-12,15-16H2,1-8H3,(H,28,32)(H,29,34). The molecule has 3 N–H and O–H groups in total. The molecule has 1 rings (SSSR count). The number of phenolic OH excluding ortho intramolecular Hbond substituents is 1. The highest BCUT2D eigenvalue weighted by molar-refractivity contribution is 5.92. The van der Waals surface area contributed by atoms with Crippen LogP contribution in [0.4, 0.5) is 4.79 Å². The van der Waals surface area contributed by atoms with Gasteiger partial charge in [0.2, 0.25) is 11.8 Å². The number of benzene rings is 1. The van der Waals surface area contributed by atoms with E-state index >= 15 is 0 Å². The van der Waals surface area contributed by atoms with Gasteiger partial charge in [0.1, 0.15) is 23.4 Å². The maximum absolute atomic E-state index is 13.9. The van der Waals surface area contributed by atoms with Gasteiger partial charge >= 0.3 is 6.09 Å². The fourth-order valence-electron chi connectivity index (χ4n) is 3.63. The Labute approximate surface area is 210 Å². The van der Waals surface area contributed by atoms with Gasteiger partial charge in [0.15, 0.2) is 0 Å². The quantitative estimate of drug-likeness (QED) is 0.363. The monoisotopic (exact) mass is 491 g/mol. The Morgan fingerprint density at radius 3 is 2.23 bits per heavy atom. The van der Waals surface area contributed by atoms with Gasteiger partial charge in [-0.25, -0.2) is 4.79 Å². The molecule has 2 unspecified atom stereocenters. The van der Waals surface area contributed by atoms with E-state index in [9.17, 15) is 19.5 Å². The molecule has 0 aromatic heterocycles. The minimum Gasteiger partial charge on any atom is -0.508 e. The number of alkyl carbamates (subject to hydrolysis) is 1. The molecule has 0 saturated carbocycles. The topological polar surface area (TPSA) is 108 Å². The van der Waals surface area contributed by atoms with Gasteiger partial charge in [-0.1, -0.05) is 46.6 Å². The van der Waals surface area contributed by atoms with Crippen LogP contribution in [0.3, 0.4) is 0 Å². The van der Waals surface area contributed by atoms with E-state index in [1.165, 1.54) is 0 Å². The second-order valence-electron chi connectivity index (χ2n) is 10.3. The van der Waals surface area contributed by atoms with Crippen molar-refractivity contribution in [1.29, 1.82) is 0 Å². The number of nitrogens with zero attached hydrogens (tertiary/aromatic N) is 1. The molecule has 0 aliphatic rings. The first-order valence-electron chi connectivity index (χ1n) is 12.7. The average Bonchev–Trinajstić information content (AvgIpc) is 2.75. The Hall–Kier alpha value is -2.77. The molecule has 198 valence electrons. The van der Waals surface area contributed by atoms with Crippen molar-refractivity contribution in [2.75, 3.05) is 13.1 Å². The number of carbonyl (C=O) groups excluding carboxylic acids is 3. The smallest absolute Gasteiger partial charge is 0.408 e. The molecule has 2 atom stereocenters. The minimum atomic E-state index is -0.896. The van der Waals surface area contributed by atoms with Crippen LogP contribution in [0.25, 0.3) is 0 Å². The minimum absolute atomic E-state index is 0.122. The normalized spacial score (nSPS) is 13.2. The summed E-state index contributed by atoms with van der Waals surface area (Å²) in [5.41, 5.74) is 0.518. The number of amides is 3. The van der Waals surface area contributed by atoms with Crippen LogP contribution >= 0.6 is 0 Å². The third-order valence-electron chi connectivity index (χ3n) is 5.57. The number of phenols is 1. The summed E-state index contributed by atoms with van der Waals surface area (Å²) in [5.74, 6) is -0.741. The summed E-state index contributed by atoms with van der Waals surface area (Å²) < 4.78 is 5.39. The number of nitrogens with one attached hydrogen (secondary N) is 2. The van der Waals surface area contributed by atoms with E-state index in [1.54, 1.807) is 50.8 Å². The van der Waals surface area contributed by atoms with Gasteiger partial charge in [-0.3, -0.25) is 9.59 Å². The summed E-state index contributed by atoms with van der Waals surface area (Å²) in [4.78, 5) is 41.5. The summed E-state index contributed by atoms with van der Waals surface area (Å²) >= 11 is 0. The fourth-order valence-corrected chi connectivity index (χ4v) is 3.63. The van der Waals surface area contributed by atoms with E-state index in [2.05, 4.69) is 10.6 Å². The molecule has 0 spiro atoms. The van der Waals surface area contributed by atoms with Crippen LogP contribution in [0, 0.1) is 12.8 Å². The Kier molecular flexibility index (Phi) is 12.1. The van der Waals surface area contributed by atoms with Crippen LogP contribution in [-0.2, 0) is 14.3 Å². The maximum Gasteiger partial charge on any atom is 0.408 e. The molecule has 0 saturated heterocycles. The van der Waals surface area contributed by atoms with Crippen molar-refractivity contribution in [2.45, 2.75) is 98.8 Å². The second-order valence-corrected chi connectivity index (χ2v) is 10.3. The third kappa shape index (κ3) is 9.78. The molecule has 0 aliphatic heterocycles. The molecular formula is C27H45N3O5. The highest BCUT2D eigenvalue weighted by Gasteiger charge is 2.37. The number of hydrogen-bond donors (Lipinski definition) is 3. The number of carbonyl (C=O) groups is 3. The number of hydrogen-bond acceptors (Lipinski definition) is 5. The lowest BCUT2D eigenvalue weighted by atomic mass is 9.97. The summed E-state index contributed by atoms with van der Waals surface area (Å²) in [6.45, 7) is 15.6. The molecule has 8 nitrogen and oxygen atoms in total. The van der Waals surface area contributed by atoms with Crippen molar-refractivity contribution in [1.82, 2.24) is 15.5 Å². The van der Waals surface area contributed by atoms with Crippen molar-refractivity contribution < 1.29 is 24.2 Å². The maximum atomic E-state index is 13.9. The molecule has 0 heterocycles. The van der Waals surface area contributed by atoms with Gasteiger partial charge in [0.25, 0.3) is 0 Å². The summed E-state index contributed by atoms with van der Waals surface area (Å²) in [7, 11) is 0. The van der Waals surface area contributed by atoms with Crippen LogP contribution in [0.5, 0.6) is 5.75 Å². The molecule has 1 aromatic carbocycles. The molecule has 8 heteroatoms. The highest BCUT2D eigenvalue weighted by Crippen LogP contribution is 2.28. The van der Waals surface area contributed by atoms with Crippen LogP contribution in [0.15, 0.2) is 18.2 Å². The summed E-state index contributed by atoms with van der Waals surface area (Å²) in [5, 5.41) is 15.7. The summed E-state index contributed by atoms with van der Waals surface area (Å²) in [6, 6.07) is 3.18. The van der Waals surface area contributed by atoms with E-state index in [1.807, 2.05) is 27.7 Å². The Balaban J connectivity index is 3.44. The van der Waals surface area contributed by atoms with E-state index in [0.29, 0.717) is 30.6 Å². The molecule has 0 bridgehead atoms. The van der Waals surface area contributed by atoms with Gasteiger partial charge in [0.05, 0.1) is 0 Å². The van der Waals surface area contributed by atoms with E-state index in [4.69, 9.17) is 4.74 Å². The van der Waals surface area contributed by atoms with Crippen LogP contribution < -0.4 is 10.6 Å². The van der Waals surface area contributed by atoms with Crippen molar-refractivity contribution >= 4 is 17.9 Å². The van der Waals surface area contributed by atoms with Gasteiger partial charge in [-0.15, -0.1) is 0 Å². The first kappa shape index (κ1) is 30.3. The molecule has 35 heavy (non-hydrogen) atoms. The van der Waals surface area contributed by atoms with Crippen LogP contribution in [0.1, 0.15) is 91.3 Å². The molecule has 0 fully saturated rings. The summed E-state index contributed by atoms with van der Waals surface area (Å²) in [6.07, 6.45) is 2.60. The van der Waals surface area contributed by atoms with Gasteiger partial charge in [-0.2, -0.15) is 0 Å². The third-order valence-corrected chi connectivity index (χ3v) is 5.57. The van der Waals surface area contributed by atoms with Gasteiger partial charge < -0.3 is 25.4 Å². The zero-order valence-corrected chi connectivity index (χ0v) is 22.7. The highest BCUT2D eigenvalue weighted by atomic mass is 16.6. The average molecular weight is 492 g/mol. The van der Waals surface area contributed by atoms with Crippen molar-refractivity contribution in [3.63, 3.8) is 0 Å². The predicted octanol–water partition coefficient (Wildman–Crippen LogP) is 4.84. The van der Waals surface area contributed by atoms with E-state index in [-0.39, 0.29) is 23.5 Å². The van der Waals surface area contributed by atoms with Crippen molar-refractivity contribution in [3.8, 4) is 5.75 Å². The molecular weight excluding hydrogens is 446 g/mol. The van der Waals surface area contributed by atoms with Gasteiger partial charge in [0, 0.05) is 13.1 Å². The number of aryl methyl sites for hydroxylation is 1. The van der Waals surface area contributed by atoms with Crippen molar-refractivity contribution in [2.24, 2.45) is 5.92 Å². The number of unbranched alkanes of at least 4 members (excludes halogenated alkanes) is 2. The first-order valence-corrected chi connectivity index (χ1v) is 12.7. The second kappa shape index (κ2) is 14.0. The lowest BCUT2D eigenvalue weighted by Crippen LogP contribution is -2.55. The molecule has 0 radical (unpaired) electrons. The van der Waals surface area contributed by atoms with Crippen LogP contribution in [0.2, 0.25) is 0 Å². The van der Waals surface area contributed by atoms with E-state index in [0.717, 1.165) is 19.3 Å². The fraction of sp³-hybridized carbons (Fsp3) is 0.667. The largest absolute Gasteiger partial charge is 0.508 e. The SMILES string of the molecule is CCCCNC(=O)C(c1ccc(O)c(C)c1)N(CCCC)C(=O)C(NC(=O)OC(C)(C)C)C(C)C. The zero-order valence-electron chi connectivity index (χ0n) is 22.7. The molecule has 0 aliphatic carbocycles. The Morgan fingerprint density at radius 1 is 1.09 bits per heavy atom.